The third kappa shape index (κ3) is 4.48. The lowest BCUT2D eigenvalue weighted by Gasteiger charge is -2.12. The Morgan fingerprint density at radius 2 is 2.27 bits per heavy atom. The lowest BCUT2D eigenvalue weighted by atomic mass is 10.3. The second kappa shape index (κ2) is 5.32. The van der Waals surface area contributed by atoms with Crippen LogP contribution in [-0.2, 0) is 16.4 Å². The maximum Gasteiger partial charge on any atom is 0.151 e. The fourth-order valence-corrected chi connectivity index (χ4v) is 2.36. The smallest absolute Gasteiger partial charge is 0.151 e. The van der Waals surface area contributed by atoms with Gasteiger partial charge in [0.2, 0.25) is 0 Å². The van der Waals surface area contributed by atoms with Crippen molar-refractivity contribution in [3.05, 3.63) is 24.2 Å². The molecular formula is C10H17NO3S. The summed E-state index contributed by atoms with van der Waals surface area (Å²) in [6.45, 7) is 4.08. The molecule has 1 rings (SSSR count). The molecular weight excluding hydrogens is 214 g/mol. The molecule has 86 valence electrons. The van der Waals surface area contributed by atoms with Crippen molar-refractivity contribution in [2.45, 2.75) is 26.4 Å². The molecule has 1 aromatic rings. The highest BCUT2D eigenvalue weighted by atomic mass is 32.2. The van der Waals surface area contributed by atoms with Gasteiger partial charge in [0.25, 0.3) is 0 Å². The van der Waals surface area contributed by atoms with Crippen molar-refractivity contribution >= 4 is 9.84 Å². The van der Waals surface area contributed by atoms with E-state index in [2.05, 4.69) is 5.32 Å². The van der Waals surface area contributed by atoms with Crippen LogP contribution in [-0.4, -0.2) is 26.0 Å². The Kier molecular flexibility index (Phi) is 4.35. The highest BCUT2D eigenvalue weighted by Crippen LogP contribution is 2.00. The molecule has 0 aliphatic carbocycles. The average Bonchev–Trinajstić information content (AvgIpc) is 2.66. The largest absolute Gasteiger partial charge is 0.468 e. The lowest BCUT2D eigenvalue weighted by Crippen LogP contribution is -2.33. The van der Waals surface area contributed by atoms with Crippen molar-refractivity contribution in [3.8, 4) is 0 Å². The Hall–Kier alpha value is -0.810. The van der Waals surface area contributed by atoms with E-state index in [0.29, 0.717) is 6.54 Å². The Bertz CT molecular complexity index is 369. The standard InChI is InChI=1S/C10H17NO3S/c1-3-15(12,13)8-9(2)11-7-10-5-4-6-14-10/h4-6,9,11H,3,7-8H2,1-2H3/t9-/m1/s1. The van der Waals surface area contributed by atoms with Crippen molar-refractivity contribution in [2.75, 3.05) is 11.5 Å². The van der Waals surface area contributed by atoms with Crippen LogP contribution in [0.3, 0.4) is 0 Å². The summed E-state index contributed by atoms with van der Waals surface area (Å²) in [7, 11) is -2.90. The summed E-state index contributed by atoms with van der Waals surface area (Å²) in [5.74, 6) is 1.18. The summed E-state index contributed by atoms with van der Waals surface area (Å²) in [6, 6.07) is 3.61. The van der Waals surface area contributed by atoms with Gasteiger partial charge in [-0.2, -0.15) is 0 Å². The van der Waals surface area contributed by atoms with Crippen LogP contribution < -0.4 is 5.32 Å². The number of rotatable bonds is 6. The first kappa shape index (κ1) is 12.3. The normalized spacial score (nSPS) is 14.0. The number of nitrogens with one attached hydrogen (secondary N) is 1. The first-order valence-corrected chi connectivity index (χ1v) is 6.82. The molecule has 0 saturated heterocycles. The van der Waals surface area contributed by atoms with E-state index in [1.54, 1.807) is 13.2 Å². The van der Waals surface area contributed by atoms with Crippen LogP contribution in [0.25, 0.3) is 0 Å². The molecule has 0 bridgehead atoms. The van der Waals surface area contributed by atoms with Crippen LogP contribution in [0.1, 0.15) is 19.6 Å². The van der Waals surface area contributed by atoms with Crippen molar-refractivity contribution < 1.29 is 12.8 Å². The van der Waals surface area contributed by atoms with Gasteiger partial charge in [0.05, 0.1) is 18.6 Å². The molecule has 1 N–H and O–H groups in total. The molecule has 0 amide bonds. The van der Waals surface area contributed by atoms with E-state index in [4.69, 9.17) is 4.42 Å². The van der Waals surface area contributed by atoms with Crippen LogP contribution in [0.4, 0.5) is 0 Å². The van der Waals surface area contributed by atoms with Gasteiger partial charge in [-0.15, -0.1) is 0 Å². The van der Waals surface area contributed by atoms with E-state index in [1.807, 2.05) is 19.1 Å². The fraction of sp³-hybridized carbons (Fsp3) is 0.600. The van der Waals surface area contributed by atoms with Crippen LogP contribution in [0.2, 0.25) is 0 Å². The van der Waals surface area contributed by atoms with E-state index >= 15 is 0 Å². The summed E-state index contributed by atoms with van der Waals surface area (Å²) >= 11 is 0. The predicted octanol–water partition coefficient (Wildman–Crippen LogP) is 1.19. The lowest BCUT2D eigenvalue weighted by molar-refractivity contribution is 0.463. The topological polar surface area (TPSA) is 59.3 Å². The molecule has 0 aliphatic rings. The highest BCUT2D eigenvalue weighted by Gasteiger charge is 2.13. The minimum atomic E-state index is -2.90. The van der Waals surface area contributed by atoms with Gasteiger partial charge < -0.3 is 9.73 Å². The van der Waals surface area contributed by atoms with Crippen molar-refractivity contribution in [1.82, 2.24) is 5.32 Å². The molecule has 0 spiro atoms. The Morgan fingerprint density at radius 3 is 2.80 bits per heavy atom. The number of hydrogen-bond donors (Lipinski definition) is 1. The molecule has 4 nitrogen and oxygen atoms in total. The van der Waals surface area contributed by atoms with E-state index in [9.17, 15) is 8.42 Å². The van der Waals surface area contributed by atoms with Gasteiger partial charge in [0.15, 0.2) is 9.84 Å². The molecule has 0 aliphatic heterocycles. The summed E-state index contributed by atoms with van der Waals surface area (Å²) in [5, 5.41) is 3.10. The second-order valence-corrected chi connectivity index (χ2v) is 5.96. The molecule has 1 heterocycles. The Morgan fingerprint density at radius 1 is 1.53 bits per heavy atom. The number of hydrogen-bond acceptors (Lipinski definition) is 4. The van der Waals surface area contributed by atoms with Gasteiger partial charge >= 0.3 is 0 Å². The molecule has 1 aromatic heterocycles. The van der Waals surface area contributed by atoms with Gasteiger partial charge in [-0.25, -0.2) is 8.42 Å². The summed E-state index contributed by atoms with van der Waals surface area (Å²) in [6.07, 6.45) is 1.60. The van der Waals surface area contributed by atoms with Crippen LogP contribution >= 0.6 is 0 Å². The number of sulfone groups is 1. The zero-order valence-corrected chi connectivity index (χ0v) is 9.88. The van der Waals surface area contributed by atoms with E-state index in [0.717, 1.165) is 5.76 Å². The van der Waals surface area contributed by atoms with Gasteiger partial charge in [-0.3, -0.25) is 0 Å². The van der Waals surface area contributed by atoms with E-state index in [1.165, 1.54) is 0 Å². The number of furan rings is 1. The minimum Gasteiger partial charge on any atom is -0.468 e. The van der Waals surface area contributed by atoms with Gasteiger partial charge in [0.1, 0.15) is 5.76 Å². The molecule has 5 heteroatoms. The van der Waals surface area contributed by atoms with E-state index < -0.39 is 9.84 Å². The minimum absolute atomic E-state index is 0.0555. The van der Waals surface area contributed by atoms with Gasteiger partial charge in [0, 0.05) is 11.8 Å². The Labute approximate surface area is 90.6 Å². The SMILES string of the molecule is CCS(=O)(=O)C[C@@H](C)NCc1ccco1. The maximum absolute atomic E-state index is 11.3. The van der Waals surface area contributed by atoms with Gasteiger partial charge in [-0.05, 0) is 19.1 Å². The van der Waals surface area contributed by atoms with Crippen molar-refractivity contribution in [3.63, 3.8) is 0 Å². The van der Waals surface area contributed by atoms with Crippen LogP contribution in [0.5, 0.6) is 0 Å². The highest BCUT2D eigenvalue weighted by molar-refractivity contribution is 7.91. The third-order valence-corrected chi connectivity index (χ3v) is 4.04. The molecule has 0 unspecified atom stereocenters. The van der Waals surface area contributed by atoms with Crippen LogP contribution in [0.15, 0.2) is 22.8 Å². The second-order valence-electron chi connectivity index (χ2n) is 3.56. The molecule has 0 aromatic carbocycles. The third-order valence-electron chi connectivity index (χ3n) is 2.15. The maximum atomic E-state index is 11.3. The molecule has 0 saturated carbocycles. The predicted molar refractivity (Wildman–Crippen MR) is 59.3 cm³/mol. The van der Waals surface area contributed by atoms with Crippen LogP contribution in [0, 0.1) is 0 Å². The Balaban J connectivity index is 2.34. The van der Waals surface area contributed by atoms with Gasteiger partial charge in [-0.1, -0.05) is 6.92 Å². The first-order chi connectivity index (χ1) is 7.03. The van der Waals surface area contributed by atoms with Crippen molar-refractivity contribution in [2.24, 2.45) is 0 Å². The zero-order chi connectivity index (χ0) is 11.3. The molecule has 15 heavy (non-hydrogen) atoms. The quantitative estimate of drug-likeness (QED) is 0.799. The first-order valence-electron chi connectivity index (χ1n) is 4.99. The molecule has 0 radical (unpaired) electrons. The zero-order valence-electron chi connectivity index (χ0n) is 9.06. The monoisotopic (exact) mass is 231 g/mol. The van der Waals surface area contributed by atoms with Crippen molar-refractivity contribution in [1.29, 1.82) is 0 Å². The molecule has 0 fully saturated rings. The average molecular weight is 231 g/mol. The summed E-state index contributed by atoms with van der Waals surface area (Å²) in [5.41, 5.74) is 0. The molecule has 1 atom stereocenters. The summed E-state index contributed by atoms with van der Waals surface area (Å²) < 4.78 is 27.7. The summed E-state index contributed by atoms with van der Waals surface area (Å²) in [4.78, 5) is 0. The van der Waals surface area contributed by atoms with E-state index in [-0.39, 0.29) is 17.5 Å². The fourth-order valence-electron chi connectivity index (χ4n) is 1.25.